The second-order valence-electron chi connectivity index (χ2n) is 8.38. The summed E-state index contributed by atoms with van der Waals surface area (Å²) in [6, 6.07) is 0. The summed E-state index contributed by atoms with van der Waals surface area (Å²) in [5.74, 6) is -1.79. The molecule has 0 radical (unpaired) electrons. The van der Waals surface area contributed by atoms with Gasteiger partial charge in [-0.1, -0.05) is 57.9 Å². The fraction of sp³-hybridized carbons (Fsp3) is 0.792. The highest BCUT2D eigenvalue weighted by molar-refractivity contribution is 5.77. The second kappa shape index (κ2) is 12.4. The lowest BCUT2D eigenvalue weighted by molar-refractivity contribution is -0.167. The first-order chi connectivity index (χ1) is 13.4. The van der Waals surface area contributed by atoms with Gasteiger partial charge in [-0.25, -0.2) is 0 Å². The Hall–Kier alpha value is -1.13. The fourth-order valence-corrected chi connectivity index (χ4v) is 4.89. The second-order valence-corrected chi connectivity index (χ2v) is 8.38. The van der Waals surface area contributed by atoms with Gasteiger partial charge in [-0.3, -0.25) is 4.79 Å². The number of rotatable bonds is 13. The quantitative estimate of drug-likeness (QED) is 0.245. The van der Waals surface area contributed by atoms with Crippen LogP contribution in [-0.4, -0.2) is 29.1 Å². The topological polar surface area (TPSA) is 66.8 Å². The van der Waals surface area contributed by atoms with Crippen molar-refractivity contribution in [2.75, 3.05) is 7.11 Å². The SMILES string of the molecule is CCC=CCCC(CCC=CCC)(C(=O)OC)C1CC(O)(O)CC1CCCC. The maximum atomic E-state index is 13.1. The van der Waals surface area contributed by atoms with E-state index in [9.17, 15) is 15.0 Å². The van der Waals surface area contributed by atoms with Crippen LogP contribution in [0.15, 0.2) is 24.3 Å². The first-order valence-corrected chi connectivity index (χ1v) is 11.2. The van der Waals surface area contributed by atoms with Crippen molar-refractivity contribution in [1.29, 1.82) is 0 Å². The number of aliphatic hydroxyl groups is 2. The summed E-state index contributed by atoms with van der Waals surface area (Å²) >= 11 is 0. The summed E-state index contributed by atoms with van der Waals surface area (Å²) in [6.45, 7) is 6.35. The molecule has 2 N–H and O–H groups in total. The lowest BCUT2D eigenvalue weighted by Gasteiger charge is -2.39. The van der Waals surface area contributed by atoms with Crippen molar-refractivity contribution in [1.82, 2.24) is 0 Å². The molecule has 0 amide bonds. The van der Waals surface area contributed by atoms with Gasteiger partial charge in [0.25, 0.3) is 0 Å². The zero-order valence-corrected chi connectivity index (χ0v) is 18.5. The Bertz CT molecular complexity index is 489. The van der Waals surface area contributed by atoms with Gasteiger partial charge >= 0.3 is 5.97 Å². The highest BCUT2D eigenvalue weighted by Gasteiger charge is 2.55. The van der Waals surface area contributed by atoms with Gasteiger partial charge in [0, 0.05) is 12.8 Å². The van der Waals surface area contributed by atoms with Gasteiger partial charge in [-0.2, -0.15) is 0 Å². The summed E-state index contributed by atoms with van der Waals surface area (Å²) in [5, 5.41) is 20.9. The summed E-state index contributed by atoms with van der Waals surface area (Å²) in [6.07, 6.45) is 17.1. The zero-order valence-electron chi connectivity index (χ0n) is 18.5. The number of hydrogen-bond donors (Lipinski definition) is 2. The molecule has 0 heterocycles. The molecule has 1 aliphatic carbocycles. The van der Waals surface area contributed by atoms with E-state index in [1.54, 1.807) is 0 Å². The largest absolute Gasteiger partial charge is 0.469 e. The van der Waals surface area contributed by atoms with E-state index < -0.39 is 11.2 Å². The molecule has 2 unspecified atom stereocenters. The van der Waals surface area contributed by atoms with Crippen molar-refractivity contribution in [3.8, 4) is 0 Å². The Morgan fingerprint density at radius 2 is 1.61 bits per heavy atom. The summed E-state index contributed by atoms with van der Waals surface area (Å²) in [7, 11) is 1.46. The maximum absolute atomic E-state index is 13.1. The van der Waals surface area contributed by atoms with Gasteiger partial charge in [-0.05, 0) is 56.8 Å². The van der Waals surface area contributed by atoms with Crippen LogP contribution in [0.1, 0.15) is 91.4 Å². The van der Waals surface area contributed by atoms with Crippen LogP contribution in [0.25, 0.3) is 0 Å². The molecule has 0 aromatic carbocycles. The van der Waals surface area contributed by atoms with Gasteiger partial charge in [0.1, 0.15) is 0 Å². The van der Waals surface area contributed by atoms with Crippen LogP contribution >= 0.6 is 0 Å². The molecule has 0 saturated heterocycles. The van der Waals surface area contributed by atoms with E-state index in [-0.39, 0.29) is 24.2 Å². The van der Waals surface area contributed by atoms with Crippen LogP contribution in [0.2, 0.25) is 0 Å². The number of carbonyl (C=O) groups is 1. The van der Waals surface area contributed by atoms with Crippen LogP contribution in [-0.2, 0) is 9.53 Å². The average molecular weight is 395 g/mol. The van der Waals surface area contributed by atoms with E-state index in [1.165, 1.54) is 7.11 Å². The third kappa shape index (κ3) is 7.04. The summed E-state index contributed by atoms with van der Waals surface area (Å²) in [5.41, 5.74) is -0.670. The van der Waals surface area contributed by atoms with Crippen LogP contribution in [0, 0.1) is 17.3 Å². The van der Waals surface area contributed by atoms with Crippen molar-refractivity contribution >= 4 is 5.97 Å². The Labute approximate surface area is 172 Å². The molecule has 2 atom stereocenters. The van der Waals surface area contributed by atoms with Crippen molar-refractivity contribution in [3.05, 3.63) is 24.3 Å². The van der Waals surface area contributed by atoms with Crippen LogP contribution in [0.5, 0.6) is 0 Å². The van der Waals surface area contributed by atoms with Crippen molar-refractivity contribution in [3.63, 3.8) is 0 Å². The number of allylic oxidation sites excluding steroid dienone is 4. The smallest absolute Gasteiger partial charge is 0.312 e. The molecule has 0 aromatic rings. The summed E-state index contributed by atoms with van der Waals surface area (Å²) < 4.78 is 5.31. The van der Waals surface area contributed by atoms with Crippen molar-refractivity contribution in [2.24, 2.45) is 17.3 Å². The van der Waals surface area contributed by atoms with E-state index in [2.05, 4.69) is 45.1 Å². The standard InChI is InChI=1S/C24H42O4/c1-5-8-11-13-16-23(22(25)28-4,17-14-12-9-6-2)21-19-24(26,27)18-20(21)15-10-7-3/h8-9,11-12,20-21,26-27H,5-7,10,13-19H2,1-4H3. The van der Waals surface area contributed by atoms with Crippen LogP contribution in [0.3, 0.4) is 0 Å². The zero-order chi connectivity index (χ0) is 21.0. The minimum atomic E-state index is -1.68. The molecule has 4 heteroatoms. The Balaban J connectivity index is 3.22. The van der Waals surface area contributed by atoms with Gasteiger partial charge in [0.2, 0.25) is 0 Å². The van der Waals surface area contributed by atoms with Crippen molar-refractivity contribution in [2.45, 2.75) is 97.2 Å². The molecule has 0 spiro atoms. The molecule has 1 aliphatic rings. The molecule has 162 valence electrons. The Kier molecular flexibility index (Phi) is 11.1. The van der Waals surface area contributed by atoms with Gasteiger partial charge in [-0.15, -0.1) is 0 Å². The maximum Gasteiger partial charge on any atom is 0.312 e. The highest BCUT2D eigenvalue weighted by atomic mass is 16.5. The lowest BCUT2D eigenvalue weighted by Crippen LogP contribution is -2.42. The van der Waals surface area contributed by atoms with Gasteiger partial charge < -0.3 is 14.9 Å². The normalized spacial score (nSPS) is 24.1. The van der Waals surface area contributed by atoms with E-state index in [1.807, 2.05) is 0 Å². The minimum Gasteiger partial charge on any atom is -0.469 e. The first kappa shape index (κ1) is 24.9. The predicted molar refractivity (Wildman–Crippen MR) is 115 cm³/mol. The molecule has 1 fully saturated rings. The molecule has 0 aliphatic heterocycles. The molecule has 28 heavy (non-hydrogen) atoms. The molecule has 1 rings (SSSR count). The van der Waals surface area contributed by atoms with Gasteiger partial charge in [0.05, 0.1) is 12.5 Å². The van der Waals surface area contributed by atoms with E-state index >= 15 is 0 Å². The molecular formula is C24H42O4. The van der Waals surface area contributed by atoms with Gasteiger partial charge in [0.15, 0.2) is 5.79 Å². The Morgan fingerprint density at radius 1 is 1.04 bits per heavy atom. The number of ether oxygens (including phenoxy) is 1. The van der Waals surface area contributed by atoms with Crippen LogP contribution < -0.4 is 0 Å². The molecule has 0 aromatic heterocycles. The molecule has 1 saturated carbocycles. The third-order valence-corrected chi connectivity index (χ3v) is 6.25. The number of esters is 1. The average Bonchev–Trinajstić information content (AvgIpc) is 2.99. The Morgan fingerprint density at radius 3 is 2.07 bits per heavy atom. The predicted octanol–water partition coefficient (Wildman–Crippen LogP) is 5.54. The first-order valence-electron chi connectivity index (χ1n) is 11.2. The highest BCUT2D eigenvalue weighted by Crippen LogP contribution is 2.54. The molecule has 0 bridgehead atoms. The molecular weight excluding hydrogens is 352 g/mol. The third-order valence-electron chi connectivity index (χ3n) is 6.25. The minimum absolute atomic E-state index is 0.0634. The lowest BCUT2D eigenvalue weighted by atomic mass is 9.64. The van der Waals surface area contributed by atoms with E-state index in [0.29, 0.717) is 19.3 Å². The number of hydrogen-bond acceptors (Lipinski definition) is 4. The number of unbranched alkanes of at least 4 members (excludes halogenated alkanes) is 1. The van der Waals surface area contributed by atoms with E-state index in [4.69, 9.17) is 4.74 Å². The van der Waals surface area contributed by atoms with Crippen molar-refractivity contribution < 1.29 is 19.7 Å². The van der Waals surface area contributed by atoms with E-state index in [0.717, 1.165) is 44.9 Å². The number of carbonyl (C=O) groups excluding carboxylic acids is 1. The number of methoxy groups -OCH3 is 1. The fourth-order valence-electron chi connectivity index (χ4n) is 4.89. The summed E-state index contributed by atoms with van der Waals surface area (Å²) in [4.78, 5) is 13.1. The molecule has 4 nitrogen and oxygen atoms in total. The monoisotopic (exact) mass is 394 g/mol. The van der Waals surface area contributed by atoms with Crippen LogP contribution in [0.4, 0.5) is 0 Å².